The van der Waals surface area contributed by atoms with Crippen LogP contribution in [-0.2, 0) is 11.3 Å². The molecule has 15 heavy (non-hydrogen) atoms. The van der Waals surface area contributed by atoms with Crippen molar-refractivity contribution in [1.29, 1.82) is 0 Å². The molecular formula is C11H16N2O2. The Kier molecular flexibility index (Phi) is 4.12. The number of nitrogens with two attached hydrogens (primary N) is 1. The molecule has 4 heteroatoms. The van der Waals surface area contributed by atoms with E-state index >= 15 is 0 Å². The van der Waals surface area contributed by atoms with E-state index in [4.69, 9.17) is 10.5 Å². The normalized spacial score (nSPS) is 11.9. The van der Waals surface area contributed by atoms with E-state index in [2.05, 4.69) is 5.32 Å². The van der Waals surface area contributed by atoms with Crippen molar-refractivity contribution in [3.8, 4) is 5.75 Å². The molecule has 0 aliphatic carbocycles. The molecule has 0 saturated heterocycles. The lowest BCUT2D eigenvalue weighted by molar-refractivity contribution is -0.126. The van der Waals surface area contributed by atoms with Gasteiger partial charge in [0.1, 0.15) is 5.75 Å². The van der Waals surface area contributed by atoms with Crippen LogP contribution in [-0.4, -0.2) is 19.1 Å². The summed E-state index contributed by atoms with van der Waals surface area (Å²) in [6.45, 7) is 2.17. The Morgan fingerprint density at radius 1 is 1.60 bits per heavy atom. The highest BCUT2D eigenvalue weighted by atomic mass is 16.5. The molecular weight excluding hydrogens is 192 g/mol. The van der Waals surface area contributed by atoms with E-state index < -0.39 is 6.10 Å². The van der Waals surface area contributed by atoms with E-state index in [0.717, 1.165) is 5.56 Å². The van der Waals surface area contributed by atoms with E-state index in [1.54, 1.807) is 20.0 Å². The van der Waals surface area contributed by atoms with Gasteiger partial charge in [0.25, 0.3) is 5.91 Å². The largest absolute Gasteiger partial charge is 0.481 e. The number of hydrogen-bond acceptors (Lipinski definition) is 3. The quantitative estimate of drug-likeness (QED) is 0.764. The Labute approximate surface area is 89.4 Å². The number of carbonyl (C=O) groups is 1. The molecule has 0 saturated carbocycles. The first-order valence-corrected chi connectivity index (χ1v) is 4.84. The van der Waals surface area contributed by atoms with Crippen molar-refractivity contribution < 1.29 is 9.53 Å². The molecule has 1 aromatic rings. The third-order valence-electron chi connectivity index (χ3n) is 2.06. The van der Waals surface area contributed by atoms with Crippen molar-refractivity contribution in [3.63, 3.8) is 0 Å². The average molecular weight is 208 g/mol. The van der Waals surface area contributed by atoms with Gasteiger partial charge in [-0.25, -0.2) is 0 Å². The lowest BCUT2D eigenvalue weighted by Crippen LogP contribution is -2.33. The van der Waals surface area contributed by atoms with Gasteiger partial charge in [0, 0.05) is 13.6 Å². The fourth-order valence-electron chi connectivity index (χ4n) is 1.21. The van der Waals surface area contributed by atoms with Gasteiger partial charge < -0.3 is 15.8 Å². The Morgan fingerprint density at radius 3 is 2.93 bits per heavy atom. The van der Waals surface area contributed by atoms with Gasteiger partial charge in [-0.1, -0.05) is 12.1 Å². The summed E-state index contributed by atoms with van der Waals surface area (Å²) in [4.78, 5) is 11.2. The van der Waals surface area contributed by atoms with Crippen LogP contribution in [0.25, 0.3) is 0 Å². The zero-order valence-corrected chi connectivity index (χ0v) is 8.99. The van der Waals surface area contributed by atoms with Crippen molar-refractivity contribution in [3.05, 3.63) is 29.8 Å². The highest BCUT2D eigenvalue weighted by Gasteiger charge is 2.12. The first-order valence-electron chi connectivity index (χ1n) is 4.84. The predicted octanol–water partition coefficient (Wildman–Crippen LogP) is 0.659. The van der Waals surface area contributed by atoms with Gasteiger partial charge in [0.15, 0.2) is 6.10 Å². The summed E-state index contributed by atoms with van der Waals surface area (Å²) >= 11 is 0. The summed E-state index contributed by atoms with van der Waals surface area (Å²) in [6.07, 6.45) is -0.497. The monoisotopic (exact) mass is 208 g/mol. The molecule has 0 heterocycles. The van der Waals surface area contributed by atoms with E-state index in [0.29, 0.717) is 12.3 Å². The number of ether oxygens (including phenoxy) is 1. The first-order chi connectivity index (χ1) is 7.17. The molecule has 1 atom stereocenters. The maximum absolute atomic E-state index is 11.2. The molecule has 0 spiro atoms. The molecule has 4 nitrogen and oxygen atoms in total. The Bertz CT molecular complexity index is 339. The van der Waals surface area contributed by atoms with Crippen molar-refractivity contribution in [2.75, 3.05) is 7.05 Å². The Hall–Kier alpha value is -1.55. The highest BCUT2D eigenvalue weighted by Crippen LogP contribution is 2.14. The van der Waals surface area contributed by atoms with Crippen LogP contribution in [0.2, 0.25) is 0 Å². The molecule has 0 aromatic heterocycles. The number of amides is 1. The van der Waals surface area contributed by atoms with Crippen LogP contribution in [0, 0.1) is 0 Å². The number of carbonyl (C=O) groups excluding carboxylic acids is 1. The minimum Gasteiger partial charge on any atom is -0.481 e. The van der Waals surface area contributed by atoms with E-state index in [9.17, 15) is 4.79 Å². The zero-order chi connectivity index (χ0) is 11.3. The van der Waals surface area contributed by atoms with Gasteiger partial charge in [0.2, 0.25) is 0 Å². The molecule has 1 unspecified atom stereocenters. The summed E-state index contributed by atoms with van der Waals surface area (Å²) in [5.74, 6) is 0.516. The number of likely N-dealkylation sites (N-methyl/N-ethyl adjacent to an activating group) is 1. The minimum absolute atomic E-state index is 0.145. The van der Waals surface area contributed by atoms with Gasteiger partial charge in [0.05, 0.1) is 0 Å². The maximum atomic E-state index is 11.2. The van der Waals surface area contributed by atoms with Crippen molar-refractivity contribution >= 4 is 5.91 Å². The van der Waals surface area contributed by atoms with Gasteiger partial charge in [-0.15, -0.1) is 0 Å². The van der Waals surface area contributed by atoms with Crippen LogP contribution in [0.4, 0.5) is 0 Å². The summed E-state index contributed by atoms with van der Waals surface area (Å²) in [5.41, 5.74) is 6.48. The van der Waals surface area contributed by atoms with E-state index in [1.165, 1.54) is 0 Å². The standard InChI is InChI=1S/C11H16N2O2/c1-8(11(14)13-2)15-10-5-3-4-9(6-10)7-12/h3-6,8H,7,12H2,1-2H3,(H,13,14). The first kappa shape index (κ1) is 11.5. The third kappa shape index (κ3) is 3.25. The molecule has 0 bridgehead atoms. The predicted molar refractivity (Wildman–Crippen MR) is 58.5 cm³/mol. The fraction of sp³-hybridized carbons (Fsp3) is 0.364. The number of hydrogen-bond donors (Lipinski definition) is 2. The second kappa shape index (κ2) is 5.36. The summed E-state index contributed by atoms with van der Waals surface area (Å²) in [7, 11) is 1.58. The highest BCUT2D eigenvalue weighted by molar-refractivity contribution is 5.80. The average Bonchev–Trinajstić information content (AvgIpc) is 2.28. The lowest BCUT2D eigenvalue weighted by Gasteiger charge is -2.13. The van der Waals surface area contributed by atoms with Crippen LogP contribution < -0.4 is 15.8 Å². The fourth-order valence-corrected chi connectivity index (χ4v) is 1.21. The van der Waals surface area contributed by atoms with Crippen molar-refractivity contribution in [2.24, 2.45) is 5.73 Å². The van der Waals surface area contributed by atoms with E-state index in [-0.39, 0.29) is 5.91 Å². The molecule has 3 N–H and O–H groups in total. The maximum Gasteiger partial charge on any atom is 0.260 e. The molecule has 0 radical (unpaired) electrons. The van der Waals surface area contributed by atoms with Crippen LogP contribution in [0.3, 0.4) is 0 Å². The third-order valence-corrected chi connectivity index (χ3v) is 2.06. The molecule has 82 valence electrons. The van der Waals surface area contributed by atoms with Crippen molar-refractivity contribution in [2.45, 2.75) is 19.6 Å². The summed E-state index contributed by atoms with van der Waals surface area (Å²) in [5, 5.41) is 2.52. The molecule has 0 aliphatic rings. The van der Waals surface area contributed by atoms with Gasteiger partial charge in [-0.3, -0.25) is 4.79 Å². The molecule has 1 aromatic carbocycles. The van der Waals surface area contributed by atoms with Crippen LogP contribution >= 0.6 is 0 Å². The Balaban J connectivity index is 2.67. The van der Waals surface area contributed by atoms with E-state index in [1.807, 2.05) is 18.2 Å². The molecule has 0 fully saturated rings. The SMILES string of the molecule is CNC(=O)C(C)Oc1cccc(CN)c1. The summed E-state index contributed by atoms with van der Waals surface area (Å²) < 4.78 is 5.44. The molecule has 1 rings (SSSR count). The van der Waals surface area contributed by atoms with Gasteiger partial charge in [-0.05, 0) is 24.6 Å². The summed E-state index contributed by atoms with van der Waals surface area (Å²) in [6, 6.07) is 7.41. The Morgan fingerprint density at radius 2 is 2.33 bits per heavy atom. The molecule has 1 amide bonds. The van der Waals surface area contributed by atoms with Crippen molar-refractivity contribution in [1.82, 2.24) is 5.32 Å². The second-order valence-corrected chi connectivity index (χ2v) is 3.23. The topological polar surface area (TPSA) is 64.3 Å². The smallest absolute Gasteiger partial charge is 0.260 e. The minimum atomic E-state index is -0.497. The van der Waals surface area contributed by atoms with Crippen LogP contribution in [0.1, 0.15) is 12.5 Å². The molecule has 0 aliphatic heterocycles. The number of benzene rings is 1. The van der Waals surface area contributed by atoms with Gasteiger partial charge in [-0.2, -0.15) is 0 Å². The zero-order valence-electron chi connectivity index (χ0n) is 8.99. The second-order valence-electron chi connectivity index (χ2n) is 3.23. The van der Waals surface area contributed by atoms with Gasteiger partial charge >= 0.3 is 0 Å². The van der Waals surface area contributed by atoms with Crippen LogP contribution in [0.5, 0.6) is 5.75 Å². The number of nitrogens with one attached hydrogen (secondary N) is 1. The number of rotatable bonds is 4. The lowest BCUT2D eigenvalue weighted by atomic mass is 10.2. The van der Waals surface area contributed by atoms with Crippen LogP contribution in [0.15, 0.2) is 24.3 Å².